The van der Waals surface area contributed by atoms with Crippen LogP contribution in [0.15, 0.2) is 0 Å². The second-order valence-corrected chi connectivity index (χ2v) is 5.13. The highest BCUT2D eigenvalue weighted by Gasteiger charge is 2.09. The molecule has 3 nitrogen and oxygen atoms in total. The number of unbranched alkanes of at least 4 members (excludes halogenated alkanes) is 1. The smallest absolute Gasteiger partial charge is 0.148 e. The van der Waals surface area contributed by atoms with Crippen molar-refractivity contribution in [1.29, 1.82) is 0 Å². The lowest BCUT2D eigenvalue weighted by Crippen LogP contribution is -2.28. The Morgan fingerprint density at radius 1 is 1.58 bits per heavy atom. The molecule has 0 aromatic rings. The fraction of sp³-hybridized carbons (Fsp3) is 0.750. The van der Waals surface area contributed by atoms with Crippen molar-refractivity contribution in [3.05, 3.63) is 0 Å². The summed E-state index contributed by atoms with van der Waals surface area (Å²) in [6.07, 6.45) is 8.36. The van der Waals surface area contributed by atoms with Gasteiger partial charge in [-0.1, -0.05) is 0 Å². The van der Waals surface area contributed by atoms with Gasteiger partial charge in [0, 0.05) is 18.7 Å². The van der Waals surface area contributed by atoms with E-state index in [1.807, 2.05) is 0 Å². The van der Waals surface area contributed by atoms with Gasteiger partial charge in [0.2, 0.25) is 0 Å². The van der Waals surface area contributed by atoms with Gasteiger partial charge in [0.15, 0.2) is 0 Å². The molecule has 0 spiro atoms. The van der Waals surface area contributed by atoms with Crippen molar-refractivity contribution >= 4 is 9.84 Å². The second kappa shape index (κ2) is 5.18. The molecular formula is C8H15NO2S. The average molecular weight is 189 g/mol. The quantitative estimate of drug-likeness (QED) is 0.495. The number of sulfone groups is 1. The maximum absolute atomic E-state index is 10.8. The van der Waals surface area contributed by atoms with Crippen molar-refractivity contribution in [2.75, 3.05) is 12.0 Å². The van der Waals surface area contributed by atoms with E-state index in [9.17, 15) is 8.42 Å². The van der Waals surface area contributed by atoms with Crippen LogP contribution in [-0.2, 0) is 9.84 Å². The summed E-state index contributed by atoms with van der Waals surface area (Å²) in [5.74, 6) is 2.53. The summed E-state index contributed by atoms with van der Waals surface area (Å²) in [6.45, 7) is 0. The molecule has 70 valence electrons. The van der Waals surface area contributed by atoms with E-state index < -0.39 is 9.84 Å². The fourth-order valence-electron chi connectivity index (χ4n) is 0.939. The van der Waals surface area contributed by atoms with Gasteiger partial charge >= 0.3 is 0 Å². The number of hydrogen-bond acceptors (Lipinski definition) is 3. The van der Waals surface area contributed by atoms with Gasteiger partial charge in [-0.05, 0) is 12.8 Å². The highest BCUT2D eigenvalue weighted by atomic mass is 32.2. The van der Waals surface area contributed by atoms with Crippen LogP contribution in [0.5, 0.6) is 0 Å². The summed E-state index contributed by atoms with van der Waals surface area (Å²) in [6, 6.07) is -0.270. The molecule has 0 aliphatic heterocycles. The van der Waals surface area contributed by atoms with Crippen molar-refractivity contribution < 1.29 is 8.42 Å². The monoisotopic (exact) mass is 189 g/mol. The van der Waals surface area contributed by atoms with E-state index in [0.29, 0.717) is 12.8 Å². The van der Waals surface area contributed by atoms with Crippen LogP contribution in [-0.4, -0.2) is 26.5 Å². The first-order chi connectivity index (χ1) is 5.45. The molecule has 1 unspecified atom stereocenters. The maximum atomic E-state index is 10.8. The minimum Gasteiger partial charge on any atom is -0.327 e. The van der Waals surface area contributed by atoms with E-state index in [4.69, 9.17) is 12.2 Å². The molecule has 0 aliphatic carbocycles. The number of hydrogen-bond donors (Lipinski definition) is 1. The third-order valence-corrected chi connectivity index (χ3v) is 2.45. The van der Waals surface area contributed by atoms with Crippen molar-refractivity contribution in [2.45, 2.75) is 25.3 Å². The Bertz CT molecular complexity index is 251. The van der Waals surface area contributed by atoms with Gasteiger partial charge in [0.1, 0.15) is 9.84 Å². The van der Waals surface area contributed by atoms with Gasteiger partial charge in [-0.15, -0.1) is 12.3 Å². The molecule has 0 aromatic carbocycles. The first-order valence-electron chi connectivity index (χ1n) is 3.82. The van der Waals surface area contributed by atoms with Gasteiger partial charge in [0.25, 0.3) is 0 Å². The second-order valence-electron chi connectivity index (χ2n) is 2.95. The fourth-order valence-corrected chi connectivity index (χ4v) is 1.88. The molecule has 0 radical (unpaired) electrons. The van der Waals surface area contributed by atoms with Crippen LogP contribution >= 0.6 is 0 Å². The van der Waals surface area contributed by atoms with Gasteiger partial charge in [-0.3, -0.25) is 0 Å². The maximum Gasteiger partial charge on any atom is 0.148 e. The molecule has 0 aliphatic rings. The molecular weight excluding hydrogens is 174 g/mol. The molecule has 0 fully saturated rings. The van der Waals surface area contributed by atoms with Crippen LogP contribution < -0.4 is 5.73 Å². The number of rotatable bonds is 5. The molecule has 0 amide bonds. The van der Waals surface area contributed by atoms with Crippen LogP contribution in [0.2, 0.25) is 0 Å². The predicted molar refractivity (Wildman–Crippen MR) is 50.4 cm³/mol. The van der Waals surface area contributed by atoms with Crippen LogP contribution in [0, 0.1) is 12.3 Å². The zero-order valence-electron chi connectivity index (χ0n) is 7.29. The Hall–Kier alpha value is -0.530. The Balaban J connectivity index is 3.62. The van der Waals surface area contributed by atoms with Crippen molar-refractivity contribution in [1.82, 2.24) is 0 Å². The van der Waals surface area contributed by atoms with Crippen LogP contribution in [0.1, 0.15) is 19.3 Å². The topological polar surface area (TPSA) is 60.2 Å². The predicted octanol–water partition coefficient (Wildman–Crippen LogP) is 0.162. The third kappa shape index (κ3) is 7.58. The number of nitrogens with two attached hydrogens (primary N) is 1. The van der Waals surface area contributed by atoms with Crippen LogP contribution in [0.25, 0.3) is 0 Å². The Labute approximate surface area is 74.3 Å². The summed E-state index contributed by atoms with van der Waals surface area (Å²) in [5.41, 5.74) is 5.55. The minimum absolute atomic E-state index is 0.0531. The first-order valence-corrected chi connectivity index (χ1v) is 5.88. The van der Waals surface area contributed by atoms with Crippen molar-refractivity contribution in [3.63, 3.8) is 0 Å². The summed E-state index contributed by atoms with van der Waals surface area (Å²) in [7, 11) is -2.94. The number of terminal acetylenes is 1. The Morgan fingerprint density at radius 3 is 2.58 bits per heavy atom. The van der Waals surface area contributed by atoms with Gasteiger partial charge in [-0.25, -0.2) is 8.42 Å². The van der Waals surface area contributed by atoms with E-state index in [2.05, 4.69) is 5.92 Å². The lowest BCUT2D eigenvalue weighted by Gasteiger charge is -2.07. The van der Waals surface area contributed by atoms with E-state index in [-0.39, 0.29) is 11.8 Å². The van der Waals surface area contributed by atoms with E-state index in [1.165, 1.54) is 6.26 Å². The summed E-state index contributed by atoms with van der Waals surface area (Å²) < 4.78 is 21.5. The molecule has 0 saturated carbocycles. The van der Waals surface area contributed by atoms with Crippen molar-refractivity contribution in [3.8, 4) is 12.3 Å². The highest BCUT2D eigenvalue weighted by molar-refractivity contribution is 7.90. The summed E-state index contributed by atoms with van der Waals surface area (Å²) >= 11 is 0. The Morgan fingerprint density at radius 2 is 2.17 bits per heavy atom. The molecule has 2 N–H and O–H groups in total. The molecule has 4 heteroatoms. The molecule has 0 saturated heterocycles. The summed E-state index contributed by atoms with van der Waals surface area (Å²) in [4.78, 5) is 0. The van der Waals surface area contributed by atoms with Gasteiger partial charge < -0.3 is 5.73 Å². The molecule has 0 bridgehead atoms. The highest BCUT2D eigenvalue weighted by Crippen LogP contribution is 2.00. The van der Waals surface area contributed by atoms with Crippen LogP contribution in [0.3, 0.4) is 0 Å². The third-order valence-electron chi connectivity index (χ3n) is 1.41. The SMILES string of the molecule is C#CCCCC(N)CS(C)(=O)=O. The molecule has 1 atom stereocenters. The lowest BCUT2D eigenvalue weighted by atomic mass is 10.1. The molecule has 0 aromatic heterocycles. The molecule has 0 heterocycles. The van der Waals surface area contributed by atoms with Gasteiger partial charge in [-0.2, -0.15) is 0 Å². The Kier molecular flexibility index (Phi) is 4.95. The first kappa shape index (κ1) is 11.5. The van der Waals surface area contributed by atoms with Crippen LogP contribution in [0.4, 0.5) is 0 Å². The molecule has 12 heavy (non-hydrogen) atoms. The normalized spacial score (nSPS) is 13.8. The zero-order chi connectivity index (χ0) is 9.61. The minimum atomic E-state index is -2.94. The largest absolute Gasteiger partial charge is 0.327 e. The lowest BCUT2D eigenvalue weighted by molar-refractivity contribution is 0.579. The van der Waals surface area contributed by atoms with E-state index >= 15 is 0 Å². The molecule has 0 rings (SSSR count). The zero-order valence-corrected chi connectivity index (χ0v) is 8.10. The van der Waals surface area contributed by atoms with E-state index in [0.717, 1.165) is 6.42 Å². The standard InChI is InChI=1S/C8H15NO2S/c1-3-4-5-6-8(9)7-12(2,10)11/h1,8H,4-7,9H2,2H3. The van der Waals surface area contributed by atoms with Gasteiger partial charge in [0.05, 0.1) is 5.75 Å². The van der Waals surface area contributed by atoms with Crippen molar-refractivity contribution in [2.24, 2.45) is 5.73 Å². The average Bonchev–Trinajstić information content (AvgIpc) is 1.84. The van der Waals surface area contributed by atoms with E-state index in [1.54, 1.807) is 0 Å². The summed E-state index contributed by atoms with van der Waals surface area (Å²) in [5, 5.41) is 0.